The van der Waals surface area contributed by atoms with Gasteiger partial charge in [-0.3, -0.25) is 9.20 Å². The van der Waals surface area contributed by atoms with Gasteiger partial charge in [0, 0.05) is 6.20 Å². The minimum atomic E-state index is -0.837. The van der Waals surface area contributed by atoms with Gasteiger partial charge in [-0.05, 0) is 6.42 Å². The van der Waals surface area contributed by atoms with Gasteiger partial charge in [0.2, 0.25) is 0 Å². The van der Waals surface area contributed by atoms with Gasteiger partial charge in [-0.25, -0.2) is 4.98 Å². The summed E-state index contributed by atoms with van der Waals surface area (Å²) in [7, 11) is 0. The highest BCUT2D eigenvalue weighted by atomic mass is 16.4. The van der Waals surface area contributed by atoms with E-state index in [9.17, 15) is 4.79 Å². The number of oxazole rings is 1. The van der Waals surface area contributed by atoms with Crippen LogP contribution in [0.3, 0.4) is 0 Å². The predicted octanol–water partition coefficient (Wildman–Crippen LogP) is 1.51. The van der Waals surface area contributed by atoms with E-state index >= 15 is 0 Å². The standard InChI is InChI=1S/C9H10N2O3/c1-2-6(8(12)13)7-5-10-9-11(7)3-4-14-9/h3-6H,2H2,1H3,(H,12,13). The number of carbonyl (C=O) groups is 1. The van der Waals surface area contributed by atoms with Crippen LogP contribution in [0.2, 0.25) is 0 Å². The lowest BCUT2D eigenvalue weighted by Crippen LogP contribution is -2.12. The third-order valence-electron chi connectivity index (χ3n) is 2.24. The number of aromatic nitrogens is 2. The zero-order chi connectivity index (χ0) is 10.1. The molecular formula is C9H10N2O3. The number of imidazole rings is 1. The molecule has 0 saturated heterocycles. The van der Waals surface area contributed by atoms with Crippen molar-refractivity contribution in [3.8, 4) is 0 Å². The zero-order valence-electron chi connectivity index (χ0n) is 7.67. The first-order chi connectivity index (χ1) is 6.74. The lowest BCUT2D eigenvalue weighted by atomic mass is 10.0. The number of fused-ring (bicyclic) bond motifs is 1. The Hall–Kier alpha value is -1.78. The van der Waals surface area contributed by atoms with Crippen molar-refractivity contribution < 1.29 is 14.3 Å². The molecule has 5 nitrogen and oxygen atoms in total. The van der Waals surface area contributed by atoms with Gasteiger partial charge in [-0.2, -0.15) is 0 Å². The van der Waals surface area contributed by atoms with E-state index in [1.54, 1.807) is 16.8 Å². The summed E-state index contributed by atoms with van der Waals surface area (Å²) >= 11 is 0. The molecule has 0 fully saturated rings. The van der Waals surface area contributed by atoms with Crippen LogP contribution in [-0.4, -0.2) is 20.5 Å². The molecule has 0 saturated carbocycles. The molecule has 1 N–H and O–H groups in total. The van der Waals surface area contributed by atoms with Crippen molar-refractivity contribution in [2.75, 3.05) is 0 Å². The van der Waals surface area contributed by atoms with E-state index in [4.69, 9.17) is 9.52 Å². The molecule has 2 aromatic heterocycles. The Morgan fingerprint density at radius 1 is 1.79 bits per heavy atom. The molecule has 2 aromatic rings. The van der Waals surface area contributed by atoms with Crippen LogP contribution >= 0.6 is 0 Å². The maximum absolute atomic E-state index is 10.9. The third-order valence-corrected chi connectivity index (χ3v) is 2.24. The monoisotopic (exact) mass is 194 g/mol. The fraction of sp³-hybridized carbons (Fsp3) is 0.333. The van der Waals surface area contributed by atoms with Gasteiger partial charge >= 0.3 is 11.8 Å². The average molecular weight is 194 g/mol. The summed E-state index contributed by atoms with van der Waals surface area (Å²) in [6.45, 7) is 1.83. The molecule has 0 spiro atoms. The van der Waals surface area contributed by atoms with Gasteiger partial charge in [-0.1, -0.05) is 6.92 Å². The highest BCUT2D eigenvalue weighted by Crippen LogP contribution is 2.21. The Kier molecular flexibility index (Phi) is 1.99. The van der Waals surface area contributed by atoms with E-state index in [0.717, 1.165) is 0 Å². The zero-order valence-corrected chi connectivity index (χ0v) is 7.67. The van der Waals surface area contributed by atoms with Crippen LogP contribution in [0.1, 0.15) is 25.0 Å². The van der Waals surface area contributed by atoms with Crippen LogP contribution in [-0.2, 0) is 4.79 Å². The van der Waals surface area contributed by atoms with Crippen LogP contribution in [0.15, 0.2) is 23.1 Å². The smallest absolute Gasteiger partial charge is 0.312 e. The molecule has 0 radical (unpaired) electrons. The molecule has 0 aliphatic rings. The van der Waals surface area contributed by atoms with Crippen LogP contribution in [0.25, 0.3) is 5.84 Å². The molecular weight excluding hydrogens is 184 g/mol. The molecule has 1 atom stereocenters. The van der Waals surface area contributed by atoms with E-state index in [-0.39, 0.29) is 0 Å². The van der Waals surface area contributed by atoms with Gasteiger partial charge in [-0.15, -0.1) is 0 Å². The molecule has 0 bridgehead atoms. The number of aliphatic carboxylic acids is 1. The van der Waals surface area contributed by atoms with Gasteiger partial charge in [0.1, 0.15) is 6.26 Å². The number of rotatable bonds is 3. The predicted molar refractivity (Wildman–Crippen MR) is 48.1 cm³/mol. The lowest BCUT2D eigenvalue weighted by molar-refractivity contribution is -0.139. The Morgan fingerprint density at radius 3 is 3.21 bits per heavy atom. The van der Waals surface area contributed by atoms with Gasteiger partial charge < -0.3 is 9.52 Å². The van der Waals surface area contributed by atoms with E-state index in [1.165, 1.54) is 6.26 Å². The van der Waals surface area contributed by atoms with Crippen LogP contribution in [0.4, 0.5) is 0 Å². The summed E-state index contributed by atoms with van der Waals surface area (Å²) in [5, 5.41) is 8.97. The first kappa shape index (κ1) is 8.80. The highest BCUT2D eigenvalue weighted by molar-refractivity contribution is 5.75. The highest BCUT2D eigenvalue weighted by Gasteiger charge is 2.21. The Bertz CT molecular complexity index is 457. The first-order valence-electron chi connectivity index (χ1n) is 4.37. The van der Waals surface area contributed by atoms with E-state index in [1.807, 2.05) is 6.92 Å². The van der Waals surface area contributed by atoms with Crippen LogP contribution in [0.5, 0.6) is 0 Å². The second kappa shape index (κ2) is 3.17. The largest absolute Gasteiger partial charge is 0.481 e. The van der Waals surface area contributed by atoms with Gasteiger partial charge in [0.05, 0.1) is 17.8 Å². The van der Waals surface area contributed by atoms with Gasteiger partial charge in [0.25, 0.3) is 0 Å². The minimum absolute atomic E-state index is 0.430. The molecule has 1 unspecified atom stereocenters. The maximum Gasteiger partial charge on any atom is 0.312 e. The number of hydrogen-bond donors (Lipinski definition) is 1. The fourth-order valence-corrected chi connectivity index (χ4v) is 1.51. The van der Waals surface area contributed by atoms with Crippen molar-refractivity contribution in [3.05, 3.63) is 24.4 Å². The Morgan fingerprint density at radius 2 is 2.57 bits per heavy atom. The fourth-order valence-electron chi connectivity index (χ4n) is 1.51. The van der Waals surface area contributed by atoms with Gasteiger partial charge in [0.15, 0.2) is 0 Å². The number of hydrogen-bond acceptors (Lipinski definition) is 3. The topological polar surface area (TPSA) is 67.7 Å². The summed E-state index contributed by atoms with van der Waals surface area (Å²) in [4.78, 5) is 14.9. The van der Waals surface area contributed by atoms with Crippen molar-refractivity contribution in [2.45, 2.75) is 19.3 Å². The second-order valence-electron chi connectivity index (χ2n) is 3.04. The molecule has 2 rings (SSSR count). The van der Waals surface area contributed by atoms with Crippen molar-refractivity contribution in [3.63, 3.8) is 0 Å². The second-order valence-corrected chi connectivity index (χ2v) is 3.04. The molecule has 2 heterocycles. The summed E-state index contributed by atoms with van der Waals surface area (Å²) in [5.41, 5.74) is 0.656. The maximum atomic E-state index is 10.9. The van der Waals surface area contributed by atoms with Crippen LogP contribution in [0, 0.1) is 0 Å². The van der Waals surface area contributed by atoms with E-state index in [2.05, 4.69) is 4.98 Å². The number of carboxylic acid groups (broad SMARTS) is 1. The van der Waals surface area contributed by atoms with E-state index < -0.39 is 11.9 Å². The van der Waals surface area contributed by atoms with Crippen LogP contribution < -0.4 is 0 Å². The summed E-state index contributed by atoms with van der Waals surface area (Å²) in [6, 6.07) is 0. The molecule has 74 valence electrons. The molecule has 0 aliphatic carbocycles. The molecule has 0 aromatic carbocycles. The molecule has 0 amide bonds. The summed E-state index contributed by atoms with van der Waals surface area (Å²) in [6.07, 6.45) is 5.24. The Balaban J connectivity index is 2.51. The first-order valence-corrected chi connectivity index (χ1v) is 4.37. The third kappa shape index (κ3) is 1.17. The van der Waals surface area contributed by atoms with Crippen molar-refractivity contribution in [1.82, 2.24) is 9.38 Å². The quantitative estimate of drug-likeness (QED) is 0.804. The SMILES string of the molecule is CCC(C(=O)O)c1cnc2occn12. The average Bonchev–Trinajstić information content (AvgIpc) is 2.69. The lowest BCUT2D eigenvalue weighted by Gasteiger charge is -2.06. The normalized spacial score (nSPS) is 13.2. The molecule has 0 aliphatic heterocycles. The van der Waals surface area contributed by atoms with Crippen molar-refractivity contribution in [1.29, 1.82) is 0 Å². The Labute approximate surface area is 80.0 Å². The summed E-state index contributed by atoms with van der Waals surface area (Å²) < 4.78 is 6.69. The van der Waals surface area contributed by atoms with Crippen molar-refractivity contribution in [2.24, 2.45) is 0 Å². The molecule has 14 heavy (non-hydrogen) atoms. The number of carboxylic acids is 1. The minimum Gasteiger partial charge on any atom is -0.481 e. The van der Waals surface area contributed by atoms with Crippen molar-refractivity contribution >= 4 is 11.8 Å². The molecule has 5 heteroatoms. The van der Waals surface area contributed by atoms with E-state index in [0.29, 0.717) is 18.0 Å². The summed E-state index contributed by atoms with van der Waals surface area (Å²) in [5.74, 6) is -0.933. The number of nitrogens with zero attached hydrogens (tertiary/aromatic N) is 2.